The first kappa shape index (κ1) is 16.1. The molecular formula is C15H22ClN3O2. The molecule has 1 atom stereocenters. The molecule has 0 aliphatic carbocycles. The molecule has 1 heterocycles. The minimum atomic E-state index is -0.340. The van der Waals surface area contributed by atoms with Crippen LogP contribution in [0.2, 0.25) is 5.02 Å². The van der Waals surface area contributed by atoms with Crippen LogP contribution in [0.5, 0.6) is 0 Å². The van der Waals surface area contributed by atoms with E-state index < -0.39 is 0 Å². The number of carbonyl (C=O) groups excluding carboxylic acids is 1. The third-order valence-corrected chi connectivity index (χ3v) is 3.67. The molecule has 0 spiro atoms. The molecule has 0 aromatic heterocycles. The van der Waals surface area contributed by atoms with Crippen molar-refractivity contribution in [2.75, 3.05) is 24.7 Å². The first-order chi connectivity index (χ1) is 10.0. The van der Waals surface area contributed by atoms with Gasteiger partial charge < -0.3 is 20.7 Å². The molecular weight excluding hydrogens is 290 g/mol. The van der Waals surface area contributed by atoms with E-state index in [1.807, 2.05) is 32.0 Å². The highest BCUT2D eigenvalue weighted by atomic mass is 35.5. The van der Waals surface area contributed by atoms with Crippen LogP contribution < -0.4 is 16.0 Å². The zero-order valence-corrected chi connectivity index (χ0v) is 13.2. The fourth-order valence-electron chi connectivity index (χ4n) is 2.49. The number of hydrogen-bond donors (Lipinski definition) is 2. The second-order valence-corrected chi connectivity index (χ2v) is 5.86. The Hall–Kier alpha value is -1.30. The van der Waals surface area contributed by atoms with Crippen LogP contribution in [0.1, 0.15) is 19.4 Å². The van der Waals surface area contributed by atoms with Crippen LogP contribution in [0.15, 0.2) is 18.2 Å². The summed E-state index contributed by atoms with van der Waals surface area (Å²) in [5.74, 6) is -0.0254. The Balaban J connectivity index is 2.28. The molecule has 116 valence electrons. The van der Waals surface area contributed by atoms with Gasteiger partial charge in [-0.1, -0.05) is 11.6 Å². The number of benzene rings is 1. The van der Waals surface area contributed by atoms with Crippen LogP contribution in [0, 0.1) is 0 Å². The normalized spacial score (nSPS) is 18.9. The van der Waals surface area contributed by atoms with Crippen molar-refractivity contribution in [3.8, 4) is 0 Å². The standard InChI is InChI=1S/C15H22ClN3O2/c1-10(2)18-15(20)14-9-21-6-5-19(14)13-4-3-12(16)7-11(13)8-17/h3-4,7,10,14H,5-6,8-9,17H2,1-2H3,(H,18,20). The Morgan fingerprint density at radius 1 is 1.57 bits per heavy atom. The van der Waals surface area contributed by atoms with Gasteiger partial charge >= 0.3 is 0 Å². The number of anilines is 1. The van der Waals surface area contributed by atoms with Gasteiger partial charge in [0.2, 0.25) is 5.91 Å². The van der Waals surface area contributed by atoms with Gasteiger partial charge in [0, 0.05) is 29.8 Å². The topological polar surface area (TPSA) is 67.6 Å². The van der Waals surface area contributed by atoms with Gasteiger partial charge in [0.15, 0.2) is 0 Å². The summed E-state index contributed by atoms with van der Waals surface area (Å²) in [5, 5.41) is 3.59. The van der Waals surface area contributed by atoms with E-state index in [0.717, 1.165) is 11.3 Å². The summed E-state index contributed by atoms with van der Waals surface area (Å²) in [6.07, 6.45) is 0. The lowest BCUT2D eigenvalue weighted by Crippen LogP contribution is -2.55. The van der Waals surface area contributed by atoms with Gasteiger partial charge in [-0.2, -0.15) is 0 Å². The summed E-state index contributed by atoms with van der Waals surface area (Å²) in [6.45, 7) is 5.90. The average molecular weight is 312 g/mol. The molecule has 1 aliphatic heterocycles. The maximum Gasteiger partial charge on any atom is 0.245 e. The van der Waals surface area contributed by atoms with E-state index >= 15 is 0 Å². The van der Waals surface area contributed by atoms with Crippen molar-refractivity contribution in [1.29, 1.82) is 0 Å². The van der Waals surface area contributed by atoms with Gasteiger partial charge in [-0.15, -0.1) is 0 Å². The van der Waals surface area contributed by atoms with Gasteiger partial charge in [0.05, 0.1) is 13.2 Å². The lowest BCUT2D eigenvalue weighted by molar-refractivity contribution is -0.125. The first-order valence-electron chi connectivity index (χ1n) is 7.16. The number of halogens is 1. The van der Waals surface area contributed by atoms with Crippen molar-refractivity contribution in [3.05, 3.63) is 28.8 Å². The molecule has 5 nitrogen and oxygen atoms in total. The molecule has 0 bridgehead atoms. The van der Waals surface area contributed by atoms with E-state index in [0.29, 0.717) is 31.3 Å². The van der Waals surface area contributed by atoms with Gasteiger partial charge in [-0.05, 0) is 37.6 Å². The quantitative estimate of drug-likeness (QED) is 0.885. The Bertz CT molecular complexity index is 508. The fraction of sp³-hybridized carbons (Fsp3) is 0.533. The summed E-state index contributed by atoms with van der Waals surface area (Å²) < 4.78 is 5.47. The Morgan fingerprint density at radius 3 is 3.00 bits per heavy atom. The van der Waals surface area contributed by atoms with Crippen molar-refractivity contribution >= 4 is 23.2 Å². The number of ether oxygens (including phenoxy) is 1. The number of morpholine rings is 1. The maximum atomic E-state index is 12.4. The molecule has 6 heteroatoms. The van der Waals surface area contributed by atoms with Crippen molar-refractivity contribution in [1.82, 2.24) is 5.32 Å². The van der Waals surface area contributed by atoms with Gasteiger partial charge in [-0.25, -0.2) is 0 Å². The molecule has 21 heavy (non-hydrogen) atoms. The number of rotatable bonds is 4. The van der Waals surface area contributed by atoms with Gasteiger partial charge in [0.25, 0.3) is 0 Å². The van der Waals surface area contributed by atoms with E-state index in [1.165, 1.54) is 0 Å². The maximum absolute atomic E-state index is 12.4. The predicted octanol–water partition coefficient (Wildman–Crippen LogP) is 1.53. The van der Waals surface area contributed by atoms with Gasteiger partial charge in [-0.3, -0.25) is 4.79 Å². The Kier molecular flexibility index (Phi) is 5.45. The van der Waals surface area contributed by atoms with Crippen LogP contribution >= 0.6 is 11.6 Å². The number of nitrogens with two attached hydrogens (primary N) is 1. The molecule has 3 N–H and O–H groups in total. The van der Waals surface area contributed by atoms with Crippen LogP contribution in [0.3, 0.4) is 0 Å². The molecule has 0 radical (unpaired) electrons. The summed E-state index contributed by atoms with van der Waals surface area (Å²) in [7, 11) is 0. The van der Waals surface area contributed by atoms with Crippen LogP contribution in [-0.2, 0) is 16.1 Å². The third kappa shape index (κ3) is 3.87. The molecule has 1 amide bonds. The van der Waals surface area contributed by atoms with Crippen LogP contribution in [-0.4, -0.2) is 37.7 Å². The van der Waals surface area contributed by atoms with E-state index in [2.05, 4.69) is 10.2 Å². The Labute approximate surface area is 130 Å². The largest absolute Gasteiger partial charge is 0.377 e. The van der Waals surface area contributed by atoms with Crippen molar-refractivity contribution in [2.24, 2.45) is 5.73 Å². The minimum absolute atomic E-state index is 0.0254. The number of hydrogen-bond acceptors (Lipinski definition) is 4. The van der Waals surface area contributed by atoms with Crippen molar-refractivity contribution in [3.63, 3.8) is 0 Å². The highest BCUT2D eigenvalue weighted by molar-refractivity contribution is 6.30. The molecule has 1 fully saturated rings. The summed E-state index contributed by atoms with van der Waals surface area (Å²) in [5.41, 5.74) is 7.70. The summed E-state index contributed by atoms with van der Waals surface area (Å²) in [4.78, 5) is 14.4. The van der Waals surface area contributed by atoms with E-state index in [1.54, 1.807) is 0 Å². The summed E-state index contributed by atoms with van der Waals surface area (Å²) >= 11 is 6.02. The molecule has 1 aromatic rings. The summed E-state index contributed by atoms with van der Waals surface area (Å²) in [6, 6.07) is 5.35. The lowest BCUT2D eigenvalue weighted by Gasteiger charge is -2.37. The molecule has 1 unspecified atom stereocenters. The van der Waals surface area contributed by atoms with E-state index in [9.17, 15) is 4.79 Å². The van der Waals surface area contributed by atoms with Crippen molar-refractivity contribution in [2.45, 2.75) is 32.5 Å². The SMILES string of the molecule is CC(C)NC(=O)C1COCCN1c1ccc(Cl)cc1CN. The third-order valence-electron chi connectivity index (χ3n) is 3.43. The molecule has 1 aliphatic rings. The molecule has 1 aromatic carbocycles. The smallest absolute Gasteiger partial charge is 0.245 e. The number of nitrogens with zero attached hydrogens (tertiary/aromatic N) is 1. The lowest BCUT2D eigenvalue weighted by atomic mass is 10.1. The zero-order chi connectivity index (χ0) is 15.4. The highest BCUT2D eigenvalue weighted by Crippen LogP contribution is 2.27. The average Bonchev–Trinajstić information content (AvgIpc) is 2.46. The monoisotopic (exact) mass is 311 g/mol. The molecule has 0 saturated carbocycles. The second kappa shape index (κ2) is 7.11. The molecule has 2 rings (SSSR count). The predicted molar refractivity (Wildman–Crippen MR) is 84.6 cm³/mol. The highest BCUT2D eigenvalue weighted by Gasteiger charge is 2.30. The van der Waals surface area contributed by atoms with E-state index in [-0.39, 0.29) is 18.0 Å². The Morgan fingerprint density at radius 2 is 2.33 bits per heavy atom. The minimum Gasteiger partial charge on any atom is -0.377 e. The van der Waals surface area contributed by atoms with Gasteiger partial charge in [0.1, 0.15) is 6.04 Å². The molecule has 1 saturated heterocycles. The van der Waals surface area contributed by atoms with Crippen molar-refractivity contribution < 1.29 is 9.53 Å². The second-order valence-electron chi connectivity index (χ2n) is 5.42. The zero-order valence-electron chi connectivity index (χ0n) is 12.4. The van der Waals surface area contributed by atoms with Crippen LogP contribution in [0.25, 0.3) is 0 Å². The van der Waals surface area contributed by atoms with E-state index in [4.69, 9.17) is 22.1 Å². The number of carbonyl (C=O) groups is 1. The number of amides is 1. The van der Waals surface area contributed by atoms with Crippen LogP contribution in [0.4, 0.5) is 5.69 Å². The first-order valence-corrected chi connectivity index (χ1v) is 7.54. The fourth-order valence-corrected chi connectivity index (χ4v) is 2.68. The number of nitrogens with one attached hydrogen (secondary N) is 1.